The van der Waals surface area contributed by atoms with E-state index in [9.17, 15) is 4.79 Å². The van der Waals surface area contributed by atoms with Crippen molar-refractivity contribution in [2.75, 3.05) is 17.2 Å². The summed E-state index contributed by atoms with van der Waals surface area (Å²) < 4.78 is 5.75. The van der Waals surface area contributed by atoms with Crippen molar-refractivity contribution in [2.45, 2.75) is 32.5 Å². The molecule has 178 valence electrons. The first-order valence-electron chi connectivity index (χ1n) is 11.5. The zero-order chi connectivity index (χ0) is 24.4. The monoisotopic (exact) mass is 468 g/mol. The third-order valence-electron chi connectivity index (χ3n) is 5.50. The molecule has 1 aliphatic heterocycles. The maximum Gasteiger partial charge on any atom is 0.258 e. The highest BCUT2D eigenvalue weighted by atomic mass is 16.5. The average molecular weight is 469 g/mol. The Kier molecular flexibility index (Phi) is 5.86. The average Bonchev–Trinajstić information content (AvgIpc) is 3.30. The van der Waals surface area contributed by atoms with Crippen molar-refractivity contribution in [3.05, 3.63) is 84.1 Å². The van der Waals surface area contributed by atoms with Crippen LogP contribution in [-0.4, -0.2) is 34.1 Å². The Morgan fingerprint density at radius 3 is 2.77 bits per heavy atom. The van der Waals surface area contributed by atoms with E-state index in [1.54, 1.807) is 6.20 Å². The van der Waals surface area contributed by atoms with Crippen LogP contribution in [0.5, 0.6) is 5.75 Å². The molecule has 8 heteroatoms. The topological polar surface area (TPSA) is 103 Å². The number of hydrogen-bond donors (Lipinski definition) is 4. The van der Waals surface area contributed by atoms with Crippen LogP contribution >= 0.6 is 0 Å². The summed E-state index contributed by atoms with van der Waals surface area (Å²) in [6.07, 6.45) is 1.52. The van der Waals surface area contributed by atoms with Crippen LogP contribution in [0.3, 0.4) is 0 Å². The number of nitrogens with zero attached hydrogens (tertiary/aromatic N) is 2. The molecule has 1 amide bonds. The highest BCUT2D eigenvalue weighted by Gasteiger charge is 2.22. The number of aromatic amines is 1. The van der Waals surface area contributed by atoms with Crippen molar-refractivity contribution >= 4 is 34.0 Å². The Hall–Kier alpha value is -4.33. The summed E-state index contributed by atoms with van der Waals surface area (Å²) in [5, 5.41) is 18.0. The predicted octanol–water partition coefficient (Wildman–Crippen LogP) is 4.84. The molecular weight excluding hydrogens is 440 g/mol. The van der Waals surface area contributed by atoms with Crippen LogP contribution in [-0.2, 0) is 4.79 Å². The van der Waals surface area contributed by atoms with Crippen molar-refractivity contribution < 1.29 is 9.53 Å². The number of nitrogens with one attached hydrogen (secondary N) is 4. The summed E-state index contributed by atoms with van der Waals surface area (Å²) in [5.41, 5.74) is 4.53. The lowest BCUT2D eigenvalue weighted by Gasteiger charge is -2.27. The second kappa shape index (κ2) is 9.13. The number of fused-ring (bicyclic) bond motifs is 2. The lowest BCUT2D eigenvalue weighted by Crippen LogP contribution is -2.43. The minimum Gasteiger partial charge on any atom is -0.484 e. The van der Waals surface area contributed by atoms with Crippen molar-refractivity contribution in [2.24, 2.45) is 4.99 Å². The van der Waals surface area contributed by atoms with Crippen LogP contribution in [0.15, 0.2) is 77.9 Å². The minimum absolute atomic E-state index is 0.0515. The number of anilines is 2. The number of carbonyl (C=O) groups excluding carboxylic acids is 1. The molecule has 4 N–H and O–H groups in total. The number of para-hydroxylation sites is 1. The fourth-order valence-corrected chi connectivity index (χ4v) is 3.99. The first kappa shape index (κ1) is 22.5. The number of aromatic nitrogens is 2. The fraction of sp³-hybridized carbons (Fsp3) is 0.222. The maximum absolute atomic E-state index is 12.2. The molecule has 1 atom stereocenters. The van der Waals surface area contributed by atoms with Crippen LogP contribution in [0, 0.1) is 0 Å². The quantitative estimate of drug-likeness (QED) is 0.324. The van der Waals surface area contributed by atoms with Crippen molar-refractivity contribution in [3.8, 4) is 5.75 Å². The van der Waals surface area contributed by atoms with Gasteiger partial charge < -0.3 is 20.7 Å². The van der Waals surface area contributed by atoms with Gasteiger partial charge in [-0.2, -0.15) is 5.10 Å². The van der Waals surface area contributed by atoms with Gasteiger partial charge in [-0.15, -0.1) is 0 Å². The van der Waals surface area contributed by atoms with Gasteiger partial charge in [0.2, 0.25) is 0 Å². The number of aliphatic imine (C=N–C) groups is 1. The summed E-state index contributed by atoms with van der Waals surface area (Å²) in [4.78, 5) is 17.1. The molecule has 1 aromatic heterocycles. The van der Waals surface area contributed by atoms with Gasteiger partial charge in [-0.1, -0.05) is 30.3 Å². The van der Waals surface area contributed by atoms with Gasteiger partial charge in [0.05, 0.1) is 11.7 Å². The van der Waals surface area contributed by atoms with E-state index >= 15 is 0 Å². The first-order chi connectivity index (χ1) is 16.8. The van der Waals surface area contributed by atoms with Crippen LogP contribution in [0.25, 0.3) is 10.9 Å². The molecule has 0 fully saturated rings. The molecule has 0 saturated carbocycles. The number of amides is 1. The van der Waals surface area contributed by atoms with Gasteiger partial charge in [0.15, 0.2) is 6.61 Å². The first-order valence-corrected chi connectivity index (χ1v) is 11.5. The molecule has 3 aromatic carbocycles. The van der Waals surface area contributed by atoms with E-state index in [1.165, 1.54) is 0 Å². The van der Waals surface area contributed by atoms with E-state index in [0.717, 1.165) is 39.2 Å². The highest BCUT2D eigenvalue weighted by molar-refractivity contribution is 6.10. The van der Waals surface area contributed by atoms with Gasteiger partial charge in [0.25, 0.3) is 5.91 Å². The van der Waals surface area contributed by atoms with E-state index < -0.39 is 0 Å². The molecule has 2 heterocycles. The van der Waals surface area contributed by atoms with Crippen LogP contribution < -0.4 is 20.7 Å². The third-order valence-corrected chi connectivity index (χ3v) is 5.50. The molecule has 0 radical (unpaired) electrons. The molecule has 35 heavy (non-hydrogen) atoms. The smallest absolute Gasteiger partial charge is 0.258 e. The van der Waals surface area contributed by atoms with E-state index in [-0.39, 0.29) is 24.2 Å². The maximum atomic E-state index is 12.2. The number of rotatable bonds is 6. The second-order valence-electron chi connectivity index (χ2n) is 9.52. The normalized spacial score (nSPS) is 15.1. The van der Waals surface area contributed by atoms with E-state index in [1.807, 2.05) is 75.4 Å². The Morgan fingerprint density at radius 2 is 1.91 bits per heavy atom. The molecule has 8 nitrogen and oxygen atoms in total. The Labute approximate surface area is 203 Å². The molecular formula is C27H28N6O2. The predicted molar refractivity (Wildman–Crippen MR) is 139 cm³/mol. The number of ether oxygens (including phenoxy) is 1. The number of H-pyrrole nitrogens is 1. The van der Waals surface area contributed by atoms with Crippen LogP contribution in [0.1, 0.15) is 38.1 Å². The van der Waals surface area contributed by atoms with Gasteiger partial charge in [0, 0.05) is 33.4 Å². The molecule has 0 bridgehead atoms. The second-order valence-corrected chi connectivity index (χ2v) is 9.52. The minimum atomic E-state index is -0.305. The summed E-state index contributed by atoms with van der Waals surface area (Å²) in [6.45, 7) is 5.76. The summed E-state index contributed by atoms with van der Waals surface area (Å²) in [7, 11) is 0. The van der Waals surface area contributed by atoms with Crippen molar-refractivity contribution in [3.63, 3.8) is 0 Å². The van der Waals surface area contributed by atoms with Crippen LogP contribution in [0.2, 0.25) is 0 Å². The Morgan fingerprint density at radius 1 is 1.06 bits per heavy atom. The zero-order valence-corrected chi connectivity index (χ0v) is 19.9. The number of amidine groups is 1. The van der Waals surface area contributed by atoms with E-state index in [4.69, 9.17) is 9.73 Å². The molecule has 0 aliphatic carbocycles. The van der Waals surface area contributed by atoms with Gasteiger partial charge in [-0.3, -0.25) is 9.89 Å². The number of hydrogen-bond acceptors (Lipinski definition) is 6. The Balaban J connectivity index is 1.38. The third kappa shape index (κ3) is 5.27. The number of benzene rings is 3. The summed E-state index contributed by atoms with van der Waals surface area (Å²) in [6, 6.07) is 21.7. The van der Waals surface area contributed by atoms with Crippen molar-refractivity contribution in [1.29, 1.82) is 0 Å². The molecule has 5 rings (SSSR count). The molecule has 1 unspecified atom stereocenters. The SMILES string of the molecule is CC(C)(C)NC(=O)COc1cccc(C2=NC(Nc3ccc4[nH]ncc4c3)c3ccccc3N2)c1. The standard InChI is InChI=1S/C27H28N6O2/c1-27(2,3)32-24(34)16-35-20-8-6-7-17(14-20)25-30-23-10-5-4-9-21(23)26(31-25)29-19-11-12-22-18(13-19)15-28-33-22/h4-15,26,29H,16H2,1-3H3,(H,28,33)(H,30,31)(H,32,34). The van der Waals surface area contributed by atoms with Gasteiger partial charge >= 0.3 is 0 Å². The molecule has 0 spiro atoms. The van der Waals surface area contributed by atoms with Gasteiger partial charge in [-0.05, 0) is 57.2 Å². The van der Waals surface area contributed by atoms with Crippen molar-refractivity contribution in [1.82, 2.24) is 15.5 Å². The lowest BCUT2D eigenvalue weighted by molar-refractivity contribution is -0.124. The highest BCUT2D eigenvalue weighted by Crippen LogP contribution is 2.33. The number of carbonyl (C=O) groups is 1. The van der Waals surface area contributed by atoms with E-state index in [0.29, 0.717) is 5.75 Å². The summed E-state index contributed by atoms with van der Waals surface area (Å²) >= 11 is 0. The van der Waals surface area contributed by atoms with Gasteiger partial charge in [-0.25, -0.2) is 4.99 Å². The Bertz CT molecular complexity index is 1400. The molecule has 4 aromatic rings. The summed E-state index contributed by atoms with van der Waals surface area (Å²) in [5.74, 6) is 1.16. The zero-order valence-electron chi connectivity index (χ0n) is 19.9. The van der Waals surface area contributed by atoms with Crippen LogP contribution in [0.4, 0.5) is 11.4 Å². The molecule has 0 saturated heterocycles. The fourth-order valence-electron chi connectivity index (χ4n) is 3.99. The largest absolute Gasteiger partial charge is 0.484 e. The molecule has 1 aliphatic rings. The van der Waals surface area contributed by atoms with E-state index in [2.05, 4.69) is 38.3 Å². The van der Waals surface area contributed by atoms with Gasteiger partial charge in [0.1, 0.15) is 17.8 Å². The lowest BCUT2D eigenvalue weighted by atomic mass is 10.1.